The summed E-state index contributed by atoms with van der Waals surface area (Å²) in [4.78, 5) is 2.69. The maximum atomic E-state index is 13.1. The fourth-order valence-electron chi connectivity index (χ4n) is 1.72. The number of hydrogen-bond acceptors (Lipinski definition) is 2. The van der Waals surface area contributed by atoms with Crippen molar-refractivity contribution in [2.24, 2.45) is 0 Å². The Morgan fingerprint density at radius 3 is 2.72 bits per heavy atom. The van der Waals surface area contributed by atoms with E-state index in [-0.39, 0.29) is 11.9 Å². The highest BCUT2D eigenvalue weighted by Gasteiger charge is 2.09. The molecular weight excluding hydrogens is 313 g/mol. The van der Waals surface area contributed by atoms with Crippen LogP contribution in [-0.4, -0.2) is 0 Å². The Kier molecular flexibility index (Phi) is 4.40. The second-order valence-corrected chi connectivity index (χ2v) is 6.21. The lowest BCUT2D eigenvalue weighted by molar-refractivity contribution is 0.621. The molecule has 1 heterocycles. The van der Waals surface area contributed by atoms with Crippen molar-refractivity contribution in [1.29, 1.82) is 0 Å². The Morgan fingerprint density at radius 2 is 2.11 bits per heavy atom. The van der Waals surface area contributed by atoms with Crippen LogP contribution >= 0.6 is 27.3 Å². The van der Waals surface area contributed by atoms with E-state index < -0.39 is 0 Å². The second-order valence-electron chi connectivity index (χ2n) is 4.15. The first-order chi connectivity index (χ1) is 8.60. The van der Waals surface area contributed by atoms with E-state index >= 15 is 0 Å². The van der Waals surface area contributed by atoms with Gasteiger partial charge in [-0.25, -0.2) is 4.39 Å². The summed E-state index contributed by atoms with van der Waals surface area (Å²) < 4.78 is 13.6. The number of halogens is 2. The quantitative estimate of drug-likeness (QED) is 0.794. The Labute approximate surface area is 119 Å². The summed E-state index contributed by atoms with van der Waals surface area (Å²) >= 11 is 5.01. The first kappa shape index (κ1) is 13.6. The van der Waals surface area contributed by atoms with Crippen molar-refractivity contribution in [2.75, 3.05) is 5.32 Å². The monoisotopic (exact) mass is 327 g/mol. The molecule has 0 aliphatic heterocycles. The van der Waals surface area contributed by atoms with Gasteiger partial charge in [0, 0.05) is 15.4 Å². The van der Waals surface area contributed by atoms with Crippen LogP contribution in [-0.2, 0) is 6.42 Å². The summed E-state index contributed by atoms with van der Waals surface area (Å²) in [5, 5.41) is 3.38. The number of thiophene rings is 1. The van der Waals surface area contributed by atoms with Crippen LogP contribution in [0.2, 0.25) is 0 Å². The van der Waals surface area contributed by atoms with Crippen LogP contribution in [0, 0.1) is 5.82 Å². The van der Waals surface area contributed by atoms with Crippen molar-refractivity contribution in [3.8, 4) is 0 Å². The zero-order chi connectivity index (χ0) is 13.1. The molecular formula is C14H15BrFNS. The molecule has 0 amide bonds. The molecule has 2 rings (SSSR count). The fourth-order valence-corrected chi connectivity index (χ4v) is 3.06. The Hall–Kier alpha value is -0.870. The largest absolute Gasteiger partial charge is 0.378 e. The summed E-state index contributed by atoms with van der Waals surface area (Å²) in [6.07, 6.45) is 1.07. The standard InChI is InChI=1S/C14H15BrFNS/c1-3-11-5-7-14(18-11)9(2)17-10-4-6-13(16)12(15)8-10/h4-9,17H,3H2,1-2H3. The zero-order valence-corrected chi connectivity index (χ0v) is 12.7. The molecule has 0 saturated carbocycles. The molecule has 1 unspecified atom stereocenters. The Morgan fingerprint density at radius 1 is 1.33 bits per heavy atom. The van der Waals surface area contributed by atoms with E-state index in [1.807, 2.05) is 11.3 Å². The normalized spacial score (nSPS) is 12.4. The average Bonchev–Trinajstić information content (AvgIpc) is 2.82. The predicted octanol–water partition coefficient (Wildman–Crippen LogP) is 5.39. The SMILES string of the molecule is CCc1ccc(C(C)Nc2ccc(F)c(Br)c2)s1. The van der Waals surface area contributed by atoms with Crippen LogP contribution in [0.4, 0.5) is 10.1 Å². The number of hydrogen-bond donors (Lipinski definition) is 1. The topological polar surface area (TPSA) is 12.0 Å². The highest BCUT2D eigenvalue weighted by Crippen LogP contribution is 2.28. The molecule has 0 saturated heterocycles. The first-order valence-corrected chi connectivity index (χ1v) is 7.51. The van der Waals surface area contributed by atoms with Crippen molar-refractivity contribution in [2.45, 2.75) is 26.3 Å². The molecule has 0 spiro atoms. The van der Waals surface area contributed by atoms with Crippen LogP contribution in [0.25, 0.3) is 0 Å². The smallest absolute Gasteiger partial charge is 0.137 e. The number of aryl methyl sites for hydroxylation is 1. The van der Waals surface area contributed by atoms with Gasteiger partial charge in [-0.2, -0.15) is 0 Å². The van der Waals surface area contributed by atoms with Crippen molar-refractivity contribution >= 4 is 33.0 Å². The van der Waals surface area contributed by atoms with Gasteiger partial charge < -0.3 is 5.32 Å². The third-order valence-corrected chi connectivity index (χ3v) is 4.78. The lowest BCUT2D eigenvalue weighted by atomic mass is 10.2. The minimum atomic E-state index is -0.238. The summed E-state index contributed by atoms with van der Waals surface area (Å²) in [5.41, 5.74) is 0.919. The molecule has 0 aliphatic carbocycles. The maximum absolute atomic E-state index is 13.1. The van der Waals surface area contributed by atoms with Gasteiger partial charge >= 0.3 is 0 Å². The fraction of sp³-hybridized carbons (Fsp3) is 0.286. The lowest BCUT2D eigenvalue weighted by Crippen LogP contribution is -2.04. The zero-order valence-electron chi connectivity index (χ0n) is 10.3. The van der Waals surface area contributed by atoms with Crippen molar-refractivity contribution in [3.63, 3.8) is 0 Å². The van der Waals surface area contributed by atoms with E-state index in [9.17, 15) is 4.39 Å². The van der Waals surface area contributed by atoms with E-state index in [4.69, 9.17) is 0 Å². The average molecular weight is 328 g/mol. The van der Waals surface area contributed by atoms with Crippen molar-refractivity contribution in [3.05, 3.63) is 50.4 Å². The van der Waals surface area contributed by atoms with Gasteiger partial charge in [0.2, 0.25) is 0 Å². The van der Waals surface area contributed by atoms with E-state index in [1.54, 1.807) is 12.1 Å². The molecule has 1 N–H and O–H groups in total. The first-order valence-electron chi connectivity index (χ1n) is 5.90. The van der Waals surface area contributed by atoms with E-state index in [0.717, 1.165) is 12.1 Å². The lowest BCUT2D eigenvalue weighted by Gasteiger charge is -2.14. The van der Waals surface area contributed by atoms with Gasteiger partial charge in [-0.05, 0) is 59.6 Å². The van der Waals surface area contributed by atoms with Gasteiger partial charge in [-0.3, -0.25) is 0 Å². The molecule has 0 fully saturated rings. The van der Waals surface area contributed by atoms with Gasteiger partial charge in [0.15, 0.2) is 0 Å². The molecule has 96 valence electrons. The molecule has 0 aliphatic rings. The summed E-state index contributed by atoms with van der Waals surface area (Å²) in [5.74, 6) is -0.238. The molecule has 2 aromatic rings. The summed E-state index contributed by atoms with van der Waals surface area (Å²) in [6.45, 7) is 4.27. The van der Waals surface area contributed by atoms with Crippen LogP contribution < -0.4 is 5.32 Å². The van der Waals surface area contributed by atoms with Gasteiger partial charge in [0.1, 0.15) is 5.82 Å². The third-order valence-electron chi connectivity index (χ3n) is 2.76. The second kappa shape index (κ2) is 5.85. The van der Waals surface area contributed by atoms with E-state index in [1.165, 1.54) is 15.8 Å². The number of nitrogens with one attached hydrogen (secondary N) is 1. The number of rotatable bonds is 4. The van der Waals surface area contributed by atoms with Crippen LogP contribution in [0.15, 0.2) is 34.8 Å². The highest BCUT2D eigenvalue weighted by molar-refractivity contribution is 9.10. The molecule has 18 heavy (non-hydrogen) atoms. The number of anilines is 1. The van der Waals surface area contributed by atoms with Crippen LogP contribution in [0.3, 0.4) is 0 Å². The molecule has 1 aromatic heterocycles. The number of benzene rings is 1. The summed E-state index contributed by atoms with van der Waals surface area (Å²) in [6, 6.07) is 9.53. The van der Waals surface area contributed by atoms with Crippen molar-refractivity contribution < 1.29 is 4.39 Å². The van der Waals surface area contributed by atoms with Crippen LogP contribution in [0.1, 0.15) is 29.6 Å². The maximum Gasteiger partial charge on any atom is 0.137 e. The van der Waals surface area contributed by atoms with Crippen molar-refractivity contribution in [1.82, 2.24) is 0 Å². The predicted molar refractivity (Wildman–Crippen MR) is 79.8 cm³/mol. The third kappa shape index (κ3) is 3.12. The van der Waals surface area contributed by atoms with E-state index in [2.05, 4.69) is 47.2 Å². The molecule has 0 radical (unpaired) electrons. The molecule has 0 bridgehead atoms. The van der Waals surface area contributed by atoms with Crippen LogP contribution in [0.5, 0.6) is 0 Å². The molecule has 1 nitrogen and oxygen atoms in total. The Balaban J connectivity index is 2.10. The molecule has 4 heteroatoms. The Bertz CT molecular complexity index is 538. The van der Waals surface area contributed by atoms with E-state index in [0.29, 0.717) is 4.47 Å². The minimum absolute atomic E-state index is 0.229. The minimum Gasteiger partial charge on any atom is -0.378 e. The van der Waals surface area contributed by atoms with Gasteiger partial charge in [-0.15, -0.1) is 11.3 Å². The molecule has 1 atom stereocenters. The highest BCUT2D eigenvalue weighted by atomic mass is 79.9. The van der Waals surface area contributed by atoms with Gasteiger partial charge in [0.25, 0.3) is 0 Å². The van der Waals surface area contributed by atoms with Gasteiger partial charge in [0.05, 0.1) is 10.5 Å². The van der Waals surface area contributed by atoms with Gasteiger partial charge in [-0.1, -0.05) is 6.92 Å². The molecule has 1 aromatic carbocycles. The summed E-state index contributed by atoms with van der Waals surface area (Å²) in [7, 11) is 0.